The largest absolute Gasteiger partial charge is 0.392 e. The lowest BCUT2D eigenvalue weighted by molar-refractivity contribution is 0.164. The molecule has 1 aromatic carbocycles. The van der Waals surface area contributed by atoms with Crippen molar-refractivity contribution in [3.05, 3.63) is 35.4 Å². The summed E-state index contributed by atoms with van der Waals surface area (Å²) < 4.78 is 0. The predicted molar refractivity (Wildman–Crippen MR) is 63.0 cm³/mol. The fourth-order valence-electron chi connectivity index (χ4n) is 2.55. The van der Waals surface area contributed by atoms with Gasteiger partial charge in [0.1, 0.15) is 0 Å². The van der Waals surface area contributed by atoms with Gasteiger partial charge in [0, 0.05) is 5.92 Å². The summed E-state index contributed by atoms with van der Waals surface area (Å²) in [4.78, 5) is 0. The van der Waals surface area contributed by atoms with Crippen LogP contribution in [0.4, 0.5) is 0 Å². The molecule has 1 aliphatic rings. The molecule has 0 radical (unpaired) electrons. The Hall–Kier alpha value is -0.820. The molecule has 1 aromatic rings. The zero-order chi connectivity index (χ0) is 10.7. The van der Waals surface area contributed by atoms with Crippen molar-refractivity contribution in [1.29, 1.82) is 0 Å². The second-order valence-electron chi connectivity index (χ2n) is 4.60. The van der Waals surface area contributed by atoms with Crippen LogP contribution in [0.3, 0.4) is 0 Å². The lowest BCUT2D eigenvalue weighted by Gasteiger charge is -2.15. The van der Waals surface area contributed by atoms with E-state index in [0.717, 1.165) is 19.3 Å². The van der Waals surface area contributed by atoms with E-state index in [1.807, 2.05) is 0 Å². The molecule has 1 saturated carbocycles. The van der Waals surface area contributed by atoms with Gasteiger partial charge in [0.25, 0.3) is 0 Å². The third kappa shape index (κ3) is 2.40. The Bertz CT molecular complexity index is 302. The highest BCUT2D eigenvalue weighted by Gasteiger charge is 2.26. The van der Waals surface area contributed by atoms with Crippen molar-refractivity contribution < 1.29 is 5.11 Å². The Kier molecular flexibility index (Phi) is 3.42. The lowest BCUT2D eigenvalue weighted by atomic mass is 9.94. The number of aliphatic hydroxyl groups is 1. The SMILES string of the molecule is CCCc1ccc([C@H]2CCC[C@@H]2O)cc1. The molecule has 0 spiro atoms. The number of benzene rings is 1. The molecule has 15 heavy (non-hydrogen) atoms. The van der Waals surface area contributed by atoms with Gasteiger partial charge in [0.2, 0.25) is 0 Å². The quantitative estimate of drug-likeness (QED) is 0.801. The minimum absolute atomic E-state index is 0.109. The number of aliphatic hydroxyl groups excluding tert-OH is 1. The van der Waals surface area contributed by atoms with Crippen LogP contribution in [-0.2, 0) is 6.42 Å². The van der Waals surface area contributed by atoms with Crippen molar-refractivity contribution in [2.75, 3.05) is 0 Å². The van der Waals surface area contributed by atoms with E-state index in [2.05, 4.69) is 31.2 Å². The average molecular weight is 204 g/mol. The van der Waals surface area contributed by atoms with Crippen LogP contribution in [-0.4, -0.2) is 11.2 Å². The first-order chi connectivity index (χ1) is 7.31. The van der Waals surface area contributed by atoms with E-state index in [4.69, 9.17) is 0 Å². The molecule has 82 valence electrons. The van der Waals surface area contributed by atoms with Gasteiger partial charge in [-0.05, 0) is 30.4 Å². The maximum Gasteiger partial charge on any atom is 0.0608 e. The molecule has 0 amide bonds. The molecule has 0 aliphatic heterocycles. The van der Waals surface area contributed by atoms with E-state index >= 15 is 0 Å². The third-order valence-corrected chi connectivity index (χ3v) is 3.43. The fourth-order valence-corrected chi connectivity index (χ4v) is 2.55. The highest BCUT2D eigenvalue weighted by molar-refractivity contribution is 5.27. The maximum absolute atomic E-state index is 9.82. The van der Waals surface area contributed by atoms with Crippen molar-refractivity contribution in [2.45, 2.75) is 51.0 Å². The molecule has 0 unspecified atom stereocenters. The molecule has 1 fully saturated rings. The molecular weight excluding hydrogens is 184 g/mol. The van der Waals surface area contributed by atoms with Crippen LogP contribution in [0.5, 0.6) is 0 Å². The standard InChI is InChI=1S/C14H20O/c1-2-4-11-7-9-12(10-8-11)13-5-3-6-14(13)15/h7-10,13-15H,2-6H2,1H3/t13-,14+/m1/s1. The first-order valence-corrected chi connectivity index (χ1v) is 6.08. The van der Waals surface area contributed by atoms with E-state index in [-0.39, 0.29) is 6.10 Å². The Labute approximate surface area is 92.1 Å². The second kappa shape index (κ2) is 4.80. The van der Waals surface area contributed by atoms with Gasteiger partial charge in [-0.3, -0.25) is 0 Å². The minimum atomic E-state index is -0.109. The molecule has 1 aliphatic carbocycles. The predicted octanol–water partition coefficient (Wildman–Crippen LogP) is 3.27. The highest BCUT2D eigenvalue weighted by Crippen LogP contribution is 2.34. The average Bonchev–Trinajstić information content (AvgIpc) is 2.66. The van der Waals surface area contributed by atoms with Crippen LogP contribution in [0.2, 0.25) is 0 Å². The molecule has 0 heterocycles. The number of aryl methyl sites for hydroxylation is 1. The van der Waals surface area contributed by atoms with Gasteiger partial charge in [0.05, 0.1) is 6.10 Å². The molecule has 0 saturated heterocycles. The zero-order valence-corrected chi connectivity index (χ0v) is 9.45. The maximum atomic E-state index is 9.82. The summed E-state index contributed by atoms with van der Waals surface area (Å²) >= 11 is 0. The summed E-state index contributed by atoms with van der Waals surface area (Å²) in [6.45, 7) is 2.20. The fraction of sp³-hybridized carbons (Fsp3) is 0.571. The summed E-state index contributed by atoms with van der Waals surface area (Å²) in [5.74, 6) is 0.390. The van der Waals surface area contributed by atoms with Crippen LogP contribution in [0.15, 0.2) is 24.3 Å². The number of hydrogen-bond donors (Lipinski definition) is 1. The van der Waals surface area contributed by atoms with Gasteiger partial charge in [-0.1, -0.05) is 44.0 Å². The minimum Gasteiger partial charge on any atom is -0.392 e. The van der Waals surface area contributed by atoms with Crippen LogP contribution in [0, 0.1) is 0 Å². The molecule has 2 rings (SSSR count). The van der Waals surface area contributed by atoms with Crippen molar-refractivity contribution in [2.24, 2.45) is 0 Å². The summed E-state index contributed by atoms with van der Waals surface area (Å²) in [5.41, 5.74) is 2.73. The van der Waals surface area contributed by atoms with E-state index in [9.17, 15) is 5.11 Å². The van der Waals surface area contributed by atoms with E-state index in [0.29, 0.717) is 5.92 Å². The number of rotatable bonds is 3. The third-order valence-electron chi connectivity index (χ3n) is 3.43. The molecule has 0 aromatic heterocycles. The van der Waals surface area contributed by atoms with E-state index in [1.54, 1.807) is 0 Å². The number of hydrogen-bond acceptors (Lipinski definition) is 1. The monoisotopic (exact) mass is 204 g/mol. The van der Waals surface area contributed by atoms with Crippen LogP contribution in [0.1, 0.15) is 49.7 Å². The van der Waals surface area contributed by atoms with Crippen LogP contribution in [0.25, 0.3) is 0 Å². The molecule has 1 N–H and O–H groups in total. The summed E-state index contributed by atoms with van der Waals surface area (Å²) in [6, 6.07) is 8.82. The lowest BCUT2D eigenvalue weighted by Crippen LogP contribution is -2.10. The van der Waals surface area contributed by atoms with Crippen molar-refractivity contribution >= 4 is 0 Å². The Morgan fingerprint density at radius 3 is 2.47 bits per heavy atom. The van der Waals surface area contributed by atoms with Gasteiger partial charge < -0.3 is 5.11 Å². The summed E-state index contributed by atoms with van der Waals surface area (Å²) in [6.07, 6.45) is 5.54. The van der Waals surface area contributed by atoms with Crippen molar-refractivity contribution in [3.63, 3.8) is 0 Å². The van der Waals surface area contributed by atoms with Crippen LogP contribution >= 0.6 is 0 Å². The van der Waals surface area contributed by atoms with Gasteiger partial charge in [-0.15, -0.1) is 0 Å². The zero-order valence-electron chi connectivity index (χ0n) is 9.45. The van der Waals surface area contributed by atoms with Crippen LogP contribution < -0.4 is 0 Å². The van der Waals surface area contributed by atoms with Gasteiger partial charge in [0.15, 0.2) is 0 Å². The van der Waals surface area contributed by atoms with Gasteiger partial charge in [-0.25, -0.2) is 0 Å². The smallest absolute Gasteiger partial charge is 0.0608 e. The van der Waals surface area contributed by atoms with Crippen molar-refractivity contribution in [3.8, 4) is 0 Å². The van der Waals surface area contributed by atoms with E-state index < -0.39 is 0 Å². The normalized spacial score (nSPS) is 25.7. The van der Waals surface area contributed by atoms with Gasteiger partial charge in [-0.2, -0.15) is 0 Å². The van der Waals surface area contributed by atoms with Crippen molar-refractivity contribution in [1.82, 2.24) is 0 Å². The van der Waals surface area contributed by atoms with E-state index in [1.165, 1.54) is 24.0 Å². The second-order valence-corrected chi connectivity index (χ2v) is 4.60. The molecule has 2 atom stereocenters. The first-order valence-electron chi connectivity index (χ1n) is 6.08. The first kappa shape index (κ1) is 10.7. The topological polar surface area (TPSA) is 20.2 Å². The molecule has 1 nitrogen and oxygen atoms in total. The Morgan fingerprint density at radius 1 is 1.20 bits per heavy atom. The summed E-state index contributed by atoms with van der Waals surface area (Å²) in [7, 11) is 0. The Morgan fingerprint density at radius 2 is 1.93 bits per heavy atom. The molecular formula is C14H20O. The Balaban J connectivity index is 2.09. The molecule has 1 heteroatoms. The van der Waals surface area contributed by atoms with Gasteiger partial charge >= 0.3 is 0 Å². The highest BCUT2D eigenvalue weighted by atomic mass is 16.3. The molecule has 0 bridgehead atoms. The summed E-state index contributed by atoms with van der Waals surface area (Å²) in [5, 5.41) is 9.82.